The first kappa shape index (κ1) is 28.8. The number of aryl methyl sites for hydroxylation is 2. The monoisotopic (exact) mass is 539 g/mol. The van der Waals surface area contributed by atoms with Crippen LogP contribution < -0.4 is 9.62 Å². The predicted molar refractivity (Wildman–Crippen MR) is 148 cm³/mol. The highest BCUT2D eigenvalue weighted by Crippen LogP contribution is 2.25. The van der Waals surface area contributed by atoms with Crippen molar-refractivity contribution in [1.29, 1.82) is 0 Å². The van der Waals surface area contributed by atoms with E-state index in [4.69, 9.17) is 0 Å². The number of anilines is 1. The highest BCUT2D eigenvalue weighted by atomic mass is 32.2. The molecule has 0 bridgehead atoms. The third kappa shape index (κ3) is 7.64. The van der Waals surface area contributed by atoms with Crippen molar-refractivity contribution < 1.29 is 22.4 Å². The van der Waals surface area contributed by atoms with Gasteiger partial charge in [-0.3, -0.25) is 13.9 Å². The lowest BCUT2D eigenvalue weighted by atomic mass is 10.0. The van der Waals surface area contributed by atoms with Crippen LogP contribution in [-0.4, -0.2) is 50.5 Å². The summed E-state index contributed by atoms with van der Waals surface area (Å²) in [5.41, 5.74) is 3.40. The summed E-state index contributed by atoms with van der Waals surface area (Å²) in [5.74, 6) is -1.33. The van der Waals surface area contributed by atoms with Crippen LogP contribution in [0.2, 0.25) is 0 Å². The van der Waals surface area contributed by atoms with E-state index in [9.17, 15) is 22.4 Å². The molecule has 0 aromatic heterocycles. The summed E-state index contributed by atoms with van der Waals surface area (Å²) in [5, 5.41) is 2.80. The van der Waals surface area contributed by atoms with Crippen LogP contribution in [0.15, 0.2) is 72.8 Å². The molecule has 7 nitrogen and oxygen atoms in total. The van der Waals surface area contributed by atoms with E-state index in [-0.39, 0.29) is 18.9 Å². The molecule has 0 spiro atoms. The molecule has 2 amide bonds. The van der Waals surface area contributed by atoms with E-state index < -0.39 is 34.3 Å². The Hall–Kier alpha value is -3.72. The molecule has 0 saturated carbocycles. The molecular formula is C29H34FN3O4S. The summed E-state index contributed by atoms with van der Waals surface area (Å²) >= 11 is 0. The lowest BCUT2D eigenvalue weighted by Gasteiger charge is -2.33. The largest absolute Gasteiger partial charge is 0.355 e. The van der Waals surface area contributed by atoms with Crippen molar-refractivity contribution in [3.05, 3.63) is 101 Å². The van der Waals surface area contributed by atoms with Crippen molar-refractivity contribution in [3.63, 3.8) is 0 Å². The summed E-state index contributed by atoms with van der Waals surface area (Å²) in [7, 11) is -3.84. The highest BCUT2D eigenvalue weighted by molar-refractivity contribution is 7.92. The van der Waals surface area contributed by atoms with Crippen molar-refractivity contribution >= 4 is 27.5 Å². The van der Waals surface area contributed by atoms with Crippen LogP contribution in [0, 0.1) is 19.7 Å². The van der Waals surface area contributed by atoms with Crippen LogP contribution in [0.3, 0.4) is 0 Å². The summed E-state index contributed by atoms with van der Waals surface area (Å²) in [6.45, 7) is 5.28. The van der Waals surface area contributed by atoms with Crippen LogP contribution in [0.1, 0.15) is 29.2 Å². The maximum Gasteiger partial charge on any atom is 0.244 e. The number of benzene rings is 3. The van der Waals surface area contributed by atoms with E-state index >= 15 is 0 Å². The smallest absolute Gasteiger partial charge is 0.244 e. The number of amides is 2. The van der Waals surface area contributed by atoms with Crippen molar-refractivity contribution in [2.45, 2.75) is 39.8 Å². The van der Waals surface area contributed by atoms with Gasteiger partial charge in [0, 0.05) is 19.5 Å². The Morgan fingerprint density at radius 1 is 0.947 bits per heavy atom. The minimum atomic E-state index is -3.84. The summed E-state index contributed by atoms with van der Waals surface area (Å²) in [6.07, 6.45) is 1.28. The van der Waals surface area contributed by atoms with Gasteiger partial charge in [0.15, 0.2) is 0 Å². The molecule has 3 aromatic rings. The molecule has 3 aromatic carbocycles. The van der Waals surface area contributed by atoms with Gasteiger partial charge in [-0.25, -0.2) is 12.8 Å². The SMILES string of the molecule is CCNC(=O)[C@@H](Cc1ccccc1)N(Cc1ccc(F)cc1)C(=O)CN(c1cc(C)ccc1C)S(C)(=O)=O. The number of nitrogens with zero attached hydrogens (tertiary/aromatic N) is 2. The molecule has 0 fully saturated rings. The molecule has 9 heteroatoms. The third-order valence-electron chi connectivity index (χ3n) is 6.20. The summed E-state index contributed by atoms with van der Waals surface area (Å²) in [6, 6.07) is 19.4. The summed E-state index contributed by atoms with van der Waals surface area (Å²) < 4.78 is 40.4. The number of halogens is 1. The Morgan fingerprint density at radius 2 is 1.61 bits per heavy atom. The Labute approximate surface area is 224 Å². The molecule has 0 aliphatic heterocycles. The molecule has 38 heavy (non-hydrogen) atoms. The van der Waals surface area contributed by atoms with E-state index in [1.54, 1.807) is 38.1 Å². The number of likely N-dealkylation sites (N-methyl/N-ethyl adjacent to an activating group) is 1. The number of rotatable bonds is 11. The van der Waals surface area contributed by atoms with Crippen molar-refractivity contribution in [2.75, 3.05) is 23.7 Å². The fourth-order valence-electron chi connectivity index (χ4n) is 4.22. The molecule has 0 unspecified atom stereocenters. The fraction of sp³-hybridized carbons (Fsp3) is 0.310. The Kier molecular flexibility index (Phi) is 9.63. The van der Waals surface area contributed by atoms with Gasteiger partial charge in [-0.2, -0.15) is 0 Å². The molecule has 1 N–H and O–H groups in total. The average molecular weight is 540 g/mol. The van der Waals surface area contributed by atoms with Crippen molar-refractivity contribution in [2.24, 2.45) is 0 Å². The highest BCUT2D eigenvalue weighted by Gasteiger charge is 2.33. The maximum absolute atomic E-state index is 13.9. The van der Waals surface area contributed by atoms with Gasteiger partial charge in [-0.1, -0.05) is 54.6 Å². The molecule has 0 saturated heterocycles. The van der Waals surface area contributed by atoms with Gasteiger partial charge in [0.2, 0.25) is 21.8 Å². The van der Waals surface area contributed by atoms with Crippen molar-refractivity contribution in [1.82, 2.24) is 10.2 Å². The van der Waals surface area contributed by atoms with Crippen LogP contribution in [0.4, 0.5) is 10.1 Å². The number of nitrogens with one attached hydrogen (secondary N) is 1. The number of sulfonamides is 1. The molecule has 0 aliphatic carbocycles. The predicted octanol–water partition coefficient (Wildman–Crippen LogP) is 3.98. The van der Waals surface area contributed by atoms with Gasteiger partial charge in [-0.15, -0.1) is 0 Å². The van der Waals surface area contributed by atoms with Crippen LogP contribution in [0.5, 0.6) is 0 Å². The Balaban J connectivity index is 2.06. The van der Waals surface area contributed by atoms with Crippen LogP contribution in [0.25, 0.3) is 0 Å². The molecule has 1 atom stereocenters. The minimum Gasteiger partial charge on any atom is -0.355 e. The number of carbonyl (C=O) groups excluding carboxylic acids is 2. The lowest BCUT2D eigenvalue weighted by molar-refractivity contribution is -0.140. The van der Waals surface area contributed by atoms with Gasteiger partial charge in [0.05, 0.1) is 11.9 Å². The zero-order valence-electron chi connectivity index (χ0n) is 22.1. The van der Waals surface area contributed by atoms with Gasteiger partial charge in [0.1, 0.15) is 18.4 Å². The first-order chi connectivity index (χ1) is 18.0. The number of hydrogen-bond donors (Lipinski definition) is 1. The van der Waals surface area contributed by atoms with E-state index in [0.29, 0.717) is 23.4 Å². The Morgan fingerprint density at radius 3 is 2.21 bits per heavy atom. The quantitative estimate of drug-likeness (QED) is 0.399. The topological polar surface area (TPSA) is 86.8 Å². The van der Waals surface area contributed by atoms with Crippen LogP contribution in [-0.2, 0) is 32.6 Å². The fourth-order valence-corrected chi connectivity index (χ4v) is 5.11. The molecule has 3 rings (SSSR count). The van der Waals surface area contributed by atoms with E-state index in [0.717, 1.165) is 21.7 Å². The number of carbonyl (C=O) groups is 2. The molecule has 0 heterocycles. The minimum absolute atomic E-state index is 0.00184. The van der Waals surface area contributed by atoms with Crippen LogP contribution >= 0.6 is 0 Å². The lowest BCUT2D eigenvalue weighted by Crippen LogP contribution is -2.53. The standard InChI is InChI=1S/C29H34FN3O4S/c1-5-31-29(35)27(18-23-9-7-6-8-10-23)32(19-24-13-15-25(30)16-14-24)28(34)20-33(38(4,36)37)26-17-21(2)11-12-22(26)3/h6-17,27H,5,18-20H2,1-4H3,(H,31,35)/t27-/m1/s1. The maximum atomic E-state index is 13.9. The molecule has 0 radical (unpaired) electrons. The third-order valence-corrected chi connectivity index (χ3v) is 7.33. The van der Waals surface area contributed by atoms with Gasteiger partial charge in [0.25, 0.3) is 0 Å². The Bertz CT molecular complexity index is 1360. The number of hydrogen-bond acceptors (Lipinski definition) is 4. The zero-order valence-corrected chi connectivity index (χ0v) is 23.0. The molecular weight excluding hydrogens is 505 g/mol. The first-order valence-electron chi connectivity index (χ1n) is 12.4. The van der Waals surface area contributed by atoms with E-state index in [1.807, 2.05) is 43.3 Å². The van der Waals surface area contributed by atoms with E-state index in [1.165, 1.54) is 17.0 Å². The van der Waals surface area contributed by atoms with Gasteiger partial charge < -0.3 is 10.2 Å². The van der Waals surface area contributed by atoms with Gasteiger partial charge >= 0.3 is 0 Å². The average Bonchev–Trinajstić information content (AvgIpc) is 2.87. The van der Waals surface area contributed by atoms with E-state index in [2.05, 4.69) is 5.32 Å². The second kappa shape index (κ2) is 12.7. The molecule has 0 aliphatic rings. The van der Waals surface area contributed by atoms with Gasteiger partial charge in [-0.05, 0) is 61.2 Å². The second-order valence-electron chi connectivity index (χ2n) is 9.31. The first-order valence-corrected chi connectivity index (χ1v) is 14.2. The normalized spacial score (nSPS) is 12.0. The van der Waals surface area contributed by atoms with Crippen molar-refractivity contribution in [3.8, 4) is 0 Å². The second-order valence-corrected chi connectivity index (χ2v) is 11.2. The summed E-state index contributed by atoms with van der Waals surface area (Å²) in [4.78, 5) is 28.6. The molecule has 202 valence electrons. The zero-order chi connectivity index (χ0) is 27.9.